The Morgan fingerprint density at radius 1 is 1.27 bits per heavy atom. The van der Waals surface area contributed by atoms with Gasteiger partial charge in [-0.3, -0.25) is 0 Å². The van der Waals surface area contributed by atoms with Crippen LogP contribution in [0.15, 0.2) is 24.3 Å². The molecule has 0 heterocycles. The predicted molar refractivity (Wildman–Crippen MR) is 64.6 cm³/mol. The smallest absolute Gasteiger partial charge is 0.119 e. The van der Waals surface area contributed by atoms with Crippen molar-refractivity contribution >= 4 is 0 Å². The van der Waals surface area contributed by atoms with E-state index in [0.717, 1.165) is 18.9 Å². The summed E-state index contributed by atoms with van der Waals surface area (Å²) in [6.07, 6.45) is 1.18. The van der Waals surface area contributed by atoms with Gasteiger partial charge in [-0.15, -0.1) is 0 Å². The molecule has 0 fully saturated rings. The Kier molecular flexibility index (Phi) is 5.19. The molecule has 1 aromatic rings. The van der Waals surface area contributed by atoms with Crippen molar-refractivity contribution < 1.29 is 4.74 Å². The van der Waals surface area contributed by atoms with E-state index in [4.69, 9.17) is 4.74 Å². The van der Waals surface area contributed by atoms with Crippen molar-refractivity contribution in [1.29, 1.82) is 0 Å². The van der Waals surface area contributed by atoms with Crippen molar-refractivity contribution in [3.63, 3.8) is 0 Å². The molecular formula is C13H21NO. The van der Waals surface area contributed by atoms with Crippen molar-refractivity contribution in [3.8, 4) is 5.75 Å². The van der Waals surface area contributed by atoms with Crippen molar-refractivity contribution in [2.24, 2.45) is 0 Å². The Morgan fingerprint density at radius 2 is 1.93 bits per heavy atom. The number of benzene rings is 1. The van der Waals surface area contributed by atoms with Crippen molar-refractivity contribution in [1.82, 2.24) is 5.32 Å². The largest absolute Gasteiger partial charge is 0.492 e. The van der Waals surface area contributed by atoms with E-state index in [0.29, 0.717) is 5.92 Å². The first-order chi connectivity index (χ1) is 7.27. The summed E-state index contributed by atoms with van der Waals surface area (Å²) in [7, 11) is 1.93. The van der Waals surface area contributed by atoms with Gasteiger partial charge in [-0.2, -0.15) is 0 Å². The highest BCUT2D eigenvalue weighted by molar-refractivity contribution is 5.29. The highest BCUT2D eigenvalue weighted by atomic mass is 16.5. The first-order valence-electron chi connectivity index (χ1n) is 5.65. The molecule has 0 aliphatic carbocycles. The average molecular weight is 207 g/mol. The summed E-state index contributed by atoms with van der Waals surface area (Å²) in [4.78, 5) is 0. The third-order valence-electron chi connectivity index (χ3n) is 2.68. The zero-order chi connectivity index (χ0) is 11.1. The molecule has 1 atom stereocenters. The molecule has 1 N–H and O–H groups in total. The second-order valence-electron chi connectivity index (χ2n) is 3.83. The molecule has 0 spiro atoms. The van der Waals surface area contributed by atoms with E-state index in [1.54, 1.807) is 0 Å². The highest BCUT2D eigenvalue weighted by Gasteiger charge is 2.02. The number of likely N-dealkylation sites (N-methyl/N-ethyl adjacent to an activating group) is 1. The molecule has 84 valence electrons. The fourth-order valence-corrected chi connectivity index (χ4v) is 1.40. The predicted octanol–water partition coefficient (Wildman–Crippen LogP) is 2.80. The first-order valence-corrected chi connectivity index (χ1v) is 5.65. The van der Waals surface area contributed by atoms with Gasteiger partial charge in [-0.05, 0) is 37.1 Å². The third-order valence-corrected chi connectivity index (χ3v) is 2.68. The third kappa shape index (κ3) is 3.92. The van der Waals surface area contributed by atoms with Gasteiger partial charge in [0.15, 0.2) is 0 Å². The van der Waals surface area contributed by atoms with Crippen LogP contribution in [0, 0.1) is 0 Å². The lowest BCUT2D eigenvalue weighted by Crippen LogP contribution is -2.15. The average Bonchev–Trinajstić information content (AvgIpc) is 2.29. The van der Waals surface area contributed by atoms with E-state index in [9.17, 15) is 0 Å². The maximum absolute atomic E-state index is 5.55. The molecule has 2 heteroatoms. The fraction of sp³-hybridized carbons (Fsp3) is 0.538. The van der Waals surface area contributed by atoms with Crippen LogP contribution < -0.4 is 10.1 Å². The lowest BCUT2D eigenvalue weighted by molar-refractivity contribution is 0.318. The number of nitrogens with one attached hydrogen (secondary N) is 1. The Bertz CT molecular complexity index is 268. The van der Waals surface area contributed by atoms with Gasteiger partial charge in [0.05, 0.1) is 0 Å². The molecule has 1 aromatic carbocycles. The molecule has 0 aromatic heterocycles. The molecule has 0 aliphatic heterocycles. The van der Waals surface area contributed by atoms with Gasteiger partial charge in [0, 0.05) is 6.54 Å². The minimum absolute atomic E-state index is 0.636. The maximum Gasteiger partial charge on any atom is 0.119 e. The van der Waals surface area contributed by atoms with Crippen LogP contribution in [-0.4, -0.2) is 20.2 Å². The van der Waals surface area contributed by atoms with Gasteiger partial charge >= 0.3 is 0 Å². The van der Waals surface area contributed by atoms with Crippen molar-refractivity contribution in [2.75, 3.05) is 20.2 Å². The van der Waals surface area contributed by atoms with E-state index in [1.807, 2.05) is 7.05 Å². The Hall–Kier alpha value is -1.02. The normalized spacial score (nSPS) is 12.5. The number of hydrogen-bond donors (Lipinski definition) is 1. The molecule has 1 unspecified atom stereocenters. The molecule has 0 bridgehead atoms. The number of ether oxygens (including phenoxy) is 1. The van der Waals surface area contributed by atoms with Gasteiger partial charge < -0.3 is 10.1 Å². The summed E-state index contributed by atoms with van der Waals surface area (Å²) in [6.45, 7) is 6.06. The highest BCUT2D eigenvalue weighted by Crippen LogP contribution is 2.21. The van der Waals surface area contributed by atoms with Crippen LogP contribution in [-0.2, 0) is 0 Å². The van der Waals surface area contributed by atoms with Crippen LogP contribution in [0.3, 0.4) is 0 Å². The standard InChI is InChI=1S/C13H21NO/c1-4-11(2)12-5-7-13(8-6-12)15-10-9-14-3/h5-8,11,14H,4,9-10H2,1-3H3. The summed E-state index contributed by atoms with van der Waals surface area (Å²) in [5, 5.41) is 3.05. The number of rotatable bonds is 6. The van der Waals surface area contributed by atoms with Gasteiger partial charge in [0.1, 0.15) is 12.4 Å². The van der Waals surface area contributed by atoms with E-state index in [2.05, 4.69) is 43.4 Å². The minimum atomic E-state index is 0.636. The summed E-state index contributed by atoms with van der Waals surface area (Å²) in [6, 6.07) is 8.42. The minimum Gasteiger partial charge on any atom is -0.492 e. The zero-order valence-corrected chi connectivity index (χ0v) is 9.92. The van der Waals surface area contributed by atoms with Gasteiger partial charge in [0.2, 0.25) is 0 Å². The SMILES string of the molecule is CCC(C)c1ccc(OCCNC)cc1. The van der Waals surface area contributed by atoms with Gasteiger partial charge in [-0.1, -0.05) is 26.0 Å². The van der Waals surface area contributed by atoms with Gasteiger partial charge in [0.25, 0.3) is 0 Å². The molecule has 0 aliphatic rings. The maximum atomic E-state index is 5.55. The van der Waals surface area contributed by atoms with Crippen molar-refractivity contribution in [3.05, 3.63) is 29.8 Å². The van der Waals surface area contributed by atoms with E-state index in [1.165, 1.54) is 12.0 Å². The summed E-state index contributed by atoms with van der Waals surface area (Å²) in [5.41, 5.74) is 1.39. The monoisotopic (exact) mass is 207 g/mol. The lowest BCUT2D eigenvalue weighted by atomic mass is 9.99. The number of hydrogen-bond acceptors (Lipinski definition) is 2. The zero-order valence-electron chi connectivity index (χ0n) is 9.92. The second-order valence-corrected chi connectivity index (χ2v) is 3.83. The van der Waals surface area contributed by atoms with Crippen molar-refractivity contribution in [2.45, 2.75) is 26.2 Å². The molecule has 0 amide bonds. The van der Waals surface area contributed by atoms with E-state index in [-0.39, 0.29) is 0 Å². The molecule has 1 rings (SSSR count). The van der Waals surface area contributed by atoms with Crippen LogP contribution in [0.5, 0.6) is 5.75 Å². The molecule has 2 nitrogen and oxygen atoms in total. The van der Waals surface area contributed by atoms with Crippen LogP contribution in [0.25, 0.3) is 0 Å². The molecule has 0 saturated carbocycles. The molecule has 0 radical (unpaired) electrons. The fourth-order valence-electron chi connectivity index (χ4n) is 1.40. The Morgan fingerprint density at radius 3 is 2.47 bits per heavy atom. The molecular weight excluding hydrogens is 186 g/mol. The first kappa shape index (κ1) is 12.1. The van der Waals surface area contributed by atoms with E-state index >= 15 is 0 Å². The topological polar surface area (TPSA) is 21.3 Å². The Balaban J connectivity index is 2.49. The summed E-state index contributed by atoms with van der Waals surface area (Å²) < 4.78 is 5.55. The van der Waals surface area contributed by atoms with Crippen LogP contribution >= 0.6 is 0 Å². The second kappa shape index (κ2) is 6.46. The van der Waals surface area contributed by atoms with Crippen LogP contribution in [0.1, 0.15) is 31.7 Å². The van der Waals surface area contributed by atoms with Crippen LogP contribution in [0.4, 0.5) is 0 Å². The molecule has 15 heavy (non-hydrogen) atoms. The Labute approximate surface area is 92.6 Å². The van der Waals surface area contributed by atoms with E-state index < -0.39 is 0 Å². The lowest BCUT2D eigenvalue weighted by Gasteiger charge is -2.10. The molecule has 0 saturated heterocycles. The van der Waals surface area contributed by atoms with Crippen LogP contribution in [0.2, 0.25) is 0 Å². The van der Waals surface area contributed by atoms with Gasteiger partial charge in [-0.25, -0.2) is 0 Å². The quantitative estimate of drug-likeness (QED) is 0.724. The summed E-state index contributed by atoms with van der Waals surface area (Å²) >= 11 is 0. The summed E-state index contributed by atoms with van der Waals surface area (Å²) in [5.74, 6) is 1.59.